The summed E-state index contributed by atoms with van der Waals surface area (Å²) in [6.45, 7) is 10.8. The van der Waals surface area contributed by atoms with Crippen molar-refractivity contribution in [2.75, 3.05) is 26.2 Å². The van der Waals surface area contributed by atoms with E-state index in [2.05, 4.69) is 60.7 Å². The number of hydrogen-bond acceptors (Lipinski definition) is 3. The maximum absolute atomic E-state index is 12.3. The van der Waals surface area contributed by atoms with Gasteiger partial charge in [-0.3, -0.25) is 4.79 Å². The van der Waals surface area contributed by atoms with Gasteiger partial charge in [0.15, 0.2) is 5.69 Å². The molecule has 1 aromatic carbocycles. The Morgan fingerprint density at radius 3 is 2.70 bits per heavy atom. The average molecular weight is 371 g/mol. The Bertz CT molecular complexity index is 731. The fraction of sp³-hybridized carbons (Fsp3) is 0.571. The van der Waals surface area contributed by atoms with Crippen molar-refractivity contribution in [2.45, 2.75) is 46.1 Å². The summed E-state index contributed by atoms with van der Waals surface area (Å²) >= 11 is 0. The first-order valence-corrected chi connectivity index (χ1v) is 10.1. The molecule has 1 amide bonds. The quantitative estimate of drug-likeness (QED) is 0.728. The highest BCUT2D eigenvalue weighted by Crippen LogP contribution is 2.17. The van der Waals surface area contributed by atoms with Crippen molar-refractivity contribution in [3.63, 3.8) is 0 Å². The highest BCUT2D eigenvalue weighted by Gasteiger charge is 2.18. The van der Waals surface area contributed by atoms with Crippen LogP contribution in [-0.4, -0.2) is 47.1 Å². The van der Waals surface area contributed by atoms with Gasteiger partial charge in [0.05, 0.1) is 31.9 Å². The fourth-order valence-electron chi connectivity index (χ4n) is 3.62. The number of likely N-dealkylation sites (tertiary alicyclic amines) is 1. The fourth-order valence-corrected chi connectivity index (χ4v) is 3.62. The summed E-state index contributed by atoms with van der Waals surface area (Å²) in [7, 11) is 0. The van der Waals surface area contributed by atoms with Crippen LogP contribution in [0.5, 0.6) is 0 Å². The Balaban J connectivity index is 1.44. The molecule has 3 rings (SSSR count). The second kappa shape index (κ2) is 9.13. The zero-order valence-corrected chi connectivity index (χ0v) is 16.7. The van der Waals surface area contributed by atoms with E-state index < -0.39 is 0 Å². The molecular weight excluding hydrogens is 338 g/mol. The van der Waals surface area contributed by atoms with E-state index in [0.717, 1.165) is 24.4 Å². The Labute approximate surface area is 161 Å². The minimum atomic E-state index is -0.139. The smallest absolute Gasteiger partial charge is 0.273 e. The molecule has 6 heteroatoms. The van der Waals surface area contributed by atoms with Gasteiger partial charge in [-0.25, -0.2) is 4.68 Å². The molecule has 0 saturated carbocycles. The first-order chi connectivity index (χ1) is 13.0. The molecule has 0 radical (unpaired) electrons. The van der Waals surface area contributed by atoms with Crippen LogP contribution >= 0.6 is 0 Å². The zero-order valence-electron chi connectivity index (χ0n) is 16.7. The lowest BCUT2D eigenvalue weighted by molar-refractivity contribution is -0.906. The van der Waals surface area contributed by atoms with Gasteiger partial charge in [0.2, 0.25) is 0 Å². The maximum atomic E-state index is 12.3. The Morgan fingerprint density at radius 2 is 2.00 bits per heavy atom. The Kier molecular flexibility index (Phi) is 6.61. The van der Waals surface area contributed by atoms with Gasteiger partial charge in [0.1, 0.15) is 0 Å². The van der Waals surface area contributed by atoms with E-state index in [0.29, 0.717) is 12.2 Å². The van der Waals surface area contributed by atoms with E-state index in [9.17, 15) is 4.79 Å². The monoisotopic (exact) mass is 370 g/mol. The molecular formula is C21H32N5O+. The number of carbonyl (C=O) groups excluding carboxylic acids is 1. The van der Waals surface area contributed by atoms with Crippen LogP contribution in [0.25, 0.3) is 0 Å². The van der Waals surface area contributed by atoms with Crippen LogP contribution in [0, 0.1) is 12.8 Å². The molecule has 1 aliphatic heterocycles. The molecule has 27 heavy (non-hydrogen) atoms. The number of quaternary nitrogens is 1. The number of hydrogen-bond donors (Lipinski definition) is 2. The molecule has 2 aromatic rings. The van der Waals surface area contributed by atoms with E-state index in [1.54, 1.807) is 15.8 Å². The summed E-state index contributed by atoms with van der Waals surface area (Å²) in [5.41, 5.74) is 2.76. The first kappa shape index (κ1) is 19.5. The van der Waals surface area contributed by atoms with Crippen LogP contribution in [0.2, 0.25) is 0 Å². The predicted octanol–water partition coefficient (Wildman–Crippen LogP) is 1.63. The lowest BCUT2D eigenvalue weighted by Gasteiger charge is -2.27. The minimum Gasteiger partial charge on any atom is -0.350 e. The van der Waals surface area contributed by atoms with Crippen LogP contribution in [-0.2, 0) is 0 Å². The maximum Gasteiger partial charge on any atom is 0.273 e. The lowest BCUT2D eigenvalue weighted by atomic mass is 9.99. The van der Waals surface area contributed by atoms with E-state index in [1.165, 1.54) is 31.5 Å². The van der Waals surface area contributed by atoms with Crippen LogP contribution in [0.4, 0.5) is 0 Å². The largest absolute Gasteiger partial charge is 0.350 e. The summed E-state index contributed by atoms with van der Waals surface area (Å²) in [6.07, 6.45) is 5.38. The number of aromatic nitrogens is 3. The van der Waals surface area contributed by atoms with E-state index in [-0.39, 0.29) is 11.9 Å². The van der Waals surface area contributed by atoms with E-state index in [4.69, 9.17) is 0 Å². The van der Waals surface area contributed by atoms with Crippen LogP contribution in [0.1, 0.15) is 60.8 Å². The SMILES string of the molecule is Cc1ccc([C@H](C)n2cc(C(=O)NCCC[NH+]3CCC(C)CC3)nn2)cc1. The first-order valence-electron chi connectivity index (χ1n) is 10.1. The highest BCUT2D eigenvalue weighted by atomic mass is 16.2. The second-order valence-corrected chi connectivity index (χ2v) is 7.96. The molecule has 1 fully saturated rings. The number of amides is 1. The number of rotatable bonds is 7. The molecule has 1 aromatic heterocycles. The molecule has 6 nitrogen and oxygen atoms in total. The number of nitrogens with zero attached hydrogens (tertiary/aromatic N) is 3. The third-order valence-electron chi connectivity index (χ3n) is 5.67. The molecule has 0 unspecified atom stereocenters. The molecule has 0 aliphatic carbocycles. The van der Waals surface area contributed by atoms with Crippen molar-refractivity contribution in [1.29, 1.82) is 0 Å². The topological polar surface area (TPSA) is 64.2 Å². The molecule has 2 heterocycles. The molecule has 1 aliphatic rings. The summed E-state index contributed by atoms with van der Waals surface area (Å²) in [5.74, 6) is 0.734. The standard InChI is InChI=1S/C21H31N5O/c1-16-5-7-19(8-6-16)18(3)26-15-20(23-24-26)21(27)22-11-4-12-25-13-9-17(2)10-14-25/h5-8,15,17-18H,4,9-14H2,1-3H3,(H,22,27)/p+1/t18-/m0/s1. The molecule has 0 spiro atoms. The molecule has 2 N–H and O–H groups in total. The number of benzene rings is 1. The van der Waals surface area contributed by atoms with Gasteiger partial charge in [0, 0.05) is 13.0 Å². The van der Waals surface area contributed by atoms with Gasteiger partial charge in [-0.2, -0.15) is 0 Å². The van der Waals surface area contributed by atoms with Gasteiger partial charge in [-0.1, -0.05) is 42.0 Å². The third kappa shape index (κ3) is 5.39. The normalized spacial score (nSPS) is 21.0. The number of nitrogens with one attached hydrogen (secondary N) is 2. The third-order valence-corrected chi connectivity index (χ3v) is 5.67. The number of piperidine rings is 1. The number of carbonyl (C=O) groups is 1. The molecule has 0 bridgehead atoms. The van der Waals surface area contributed by atoms with Crippen LogP contribution in [0.15, 0.2) is 30.5 Å². The van der Waals surface area contributed by atoms with Gasteiger partial charge < -0.3 is 10.2 Å². The second-order valence-electron chi connectivity index (χ2n) is 7.96. The molecule has 146 valence electrons. The molecule has 1 saturated heterocycles. The summed E-state index contributed by atoms with van der Waals surface area (Å²) in [5, 5.41) is 11.2. The van der Waals surface area contributed by atoms with Gasteiger partial charge >= 0.3 is 0 Å². The van der Waals surface area contributed by atoms with Gasteiger partial charge in [-0.05, 0) is 38.2 Å². The van der Waals surface area contributed by atoms with Crippen molar-refractivity contribution in [2.24, 2.45) is 5.92 Å². The van der Waals surface area contributed by atoms with E-state index in [1.807, 2.05) is 0 Å². The lowest BCUT2D eigenvalue weighted by Crippen LogP contribution is -3.13. The van der Waals surface area contributed by atoms with Crippen molar-refractivity contribution < 1.29 is 9.69 Å². The highest BCUT2D eigenvalue weighted by molar-refractivity contribution is 5.91. The van der Waals surface area contributed by atoms with E-state index >= 15 is 0 Å². The Morgan fingerprint density at radius 1 is 1.30 bits per heavy atom. The van der Waals surface area contributed by atoms with Crippen LogP contribution in [0.3, 0.4) is 0 Å². The van der Waals surface area contributed by atoms with Crippen molar-refractivity contribution in [3.8, 4) is 0 Å². The van der Waals surface area contributed by atoms with Crippen LogP contribution < -0.4 is 10.2 Å². The summed E-state index contributed by atoms with van der Waals surface area (Å²) in [6, 6.07) is 8.39. The number of aryl methyl sites for hydroxylation is 1. The van der Waals surface area contributed by atoms with Gasteiger partial charge in [-0.15, -0.1) is 5.10 Å². The van der Waals surface area contributed by atoms with Crippen molar-refractivity contribution >= 4 is 5.91 Å². The van der Waals surface area contributed by atoms with Crippen molar-refractivity contribution in [1.82, 2.24) is 20.3 Å². The average Bonchev–Trinajstić information content (AvgIpc) is 3.17. The minimum absolute atomic E-state index is 0.0461. The zero-order chi connectivity index (χ0) is 19.2. The van der Waals surface area contributed by atoms with Crippen molar-refractivity contribution in [3.05, 3.63) is 47.3 Å². The van der Waals surface area contributed by atoms with Gasteiger partial charge in [0.25, 0.3) is 5.91 Å². The summed E-state index contributed by atoms with van der Waals surface area (Å²) < 4.78 is 1.75. The molecule has 1 atom stereocenters. The predicted molar refractivity (Wildman–Crippen MR) is 106 cm³/mol. The Hall–Kier alpha value is -2.21. The summed E-state index contributed by atoms with van der Waals surface area (Å²) in [4.78, 5) is 14.0.